The Balaban J connectivity index is 2.14. The molecule has 0 aliphatic heterocycles. The molecule has 0 unspecified atom stereocenters. The molecule has 1 aliphatic rings. The molecule has 1 fully saturated rings. The van der Waals surface area contributed by atoms with Crippen LogP contribution in [0.3, 0.4) is 0 Å². The Kier molecular flexibility index (Phi) is 3.83. The van der Waals surface area contributed by atoms with Crippen molar-refractivity contribution in [2.45, 2.75) is 44.8 Å². The van der Waals surface area contributed by atoms with Gasteiger partial charge in [0.05, 0.1) is 17.7 Å². The smallest absolute Gasteiger partial charge is 0.129 e. The lowest BCUT2D eigenvalue weighted by Crippen LogP contribution is -2.28. The molecule has 0 bridgehead atoms. The van der Waals surface area contributed by atoms with Crippen LogP contribution in [0.1, 0.15) is 36.8 Å². The van der Waals surface area contributed by atoms with Crippen LogP contribution in [0, 0.1) is 24.1 Å². The van der Waals surface area contributed by atoms with Crippen LogP contribution in [0.15, 0.2) is 12.1 Å². The van der Waals surface area contributed by atoms with Crippen molar-refractivity contribution < 1.29 is 9.50 Å². The van der Waals surface area contributed by atoms with Crippen molar-refractivity contribution in [1.82, 2.24) is 0 Å². The fourth-order valence-corrected chi connectivity index (χ4v) is 2.33. The molecule has 0 atom stereocenters. The van der Waals surface area contributed by atoms with Crippen LogP contribution in [-0.2, 0) is 0 Å². The molecule has 2 N–H and O–H groups in total. The van der Waals surface area contributed by atoms with E-state index in [-0.39, 0.29) is 18.0 Å². The Labute approximate surface area is 106 Å². The van der Waals surface area contributed by atoms with Gasteiger partial charge in [0.15, 0.2) is 0 Å². The van der Waals surface area contributed by atoms with E-state index in [1.807, 2.05) is 6.07 Å². The van der Waals surface area contributed by atoms with Crippen molar-refractivity contribution in [3.05, 3.63) is 29.1 Å². The molecule has 2 rings (SSSR count). The van der Waals surface area contributed by atoms with Gasteiger partial charge in [0.25, 0.3) is 0 Å². The maximum absolute atomic E-state index is 13.6. The van der Waals surface area contributed by atoms with Crippen LogP contribution >= 0.6 is 0 Å². The van der Waals surface area contributed by atoms with E-state index in [1.165, 1.54) is 6.07 Å². The molecule has 0 heterocycles. The summed E-state index contributed by atoms with van der Waals surface area (Å²) < 4.78 is 13.6. The number of aliphatic hydroxyl groups excluding tert-OH is 1. The number of hydrogen-bond donors (Lipinski definition) is 2. The maximum atomic E-state index is 13.6. The molecular formula is C14H17FN2O. The Morgan fingerprint density at radius 1 is 1.33 bits per heavy atom. The number of benzene rings is 1. The highest BCUT2D eigenvalue weighted by molar-refractivity contribution is 5.56. The summed E-state index contributed by atoms with van der Waals surface area (Å²) >= 11 is 0. The van der Waals surface area contributed by atoms with E-state index in [0.29, 0.717) is 16.8 Å². The fourth-order valence-electron chi connectivity index (χ4n) is 2.33. The first kappa shape index (κ1) is 12.8. The van der Waals surface area contributed by atoms with E-state index in [0.717, 1.165) is 25.7 Å². The minimum absolute atomic E-state index is 0.202. The standard InChI is InChI=1S/C14H17FN2O/c1-9-13(15)6-10(8-16)7-14(9)17-11-2-4-12(18)5-3-11/h6-7,11-12,17-18H,2-5H2,1H3. The average molecular weight is 248 g/mol. The summed E-state index contributed by atoms with van der Waals surface area (Å²) in [5.74, 6) is -0.354. The summed E-state index contributed by atoms with van der Waals surface area (Å²) in [6.07, 6.45) is 3.10. The summed E-state index contributed by atoms with van der Waals surface area (Å²) in [6.45, 7) is 1.70. The zero-order chi connectivity index (χ0) is 13.1. The molecule has 0 amide bonds. The van der Waals surface area contributed by atoms with Gasteiger partial charge >= 0.3 is 0 Å². The first-order chi connectivity index (χ1) is 8.60. The summed E-state index contributed by atoms with van der Waals surface area (Å²) in [4.78, 5) is 0. The zero-order valence-electron chi connectivity index (χ0n) is 10.4. The molecule has 0 spiro atoms. The van der Waals surface area contributed by atoms with Crippen LogP contribution in [0.5, 0.6) is 0 Å². The monoisotopic (exact) mass is 248 g/mol. The van der Waals surface area contributed by atoms with Gasteiger partial charge in [-0.2, -0.15) is 5.26 Å². The molecule has 0 radical (unpaired) electrons. The van der Waals surface area contributed by atoms with Crippen molar-refractivity contribution >= 4 is 5.69 Å². The maximum Gasteiger partial charge on any atom is 0.129 e. The molecule has 18 heavy (non-hydrogen) atoms. The molecule has 0 aromatic heterocycles. The van der Waals surface area contributed by atoms with Gasteiger partial charge in [-0.05, 0) is 44.7 Å². The third-order valence-corrected chi connectivity index (χ3v) is 3.53. The Bertz CT molecular complexity index is 473. The predicted octanol–water partition coefficient (Wildman–Crippen LogP) is 2.72. The minimum Gasteiger partial charge on any atom is -0.393 e. The average Bonchev–Trinajstić information content (AvgIpc) is 2.37. The second-order valence-electron chi connectivity index (χ2n) is 4.89. The first-order valence-corrected chi connectivity index (χ1v) is 6.25. The van der Waals surface area contributed by atoms with E-state index in [9.17, 15) is 9.50 Å². The van der Waals surface area contributed by atoms with Crippen LogP contribution in [0.2, 0.25) is 0 Å². The molecular weight excluding hydrogens is 231 g/mol. The summed E-state index contributed by atoms with van der Waals surface area (Å²) in [6, 6.07) is 5.15. The molecule has 1 aliphatic carbocycles. The number of anilines is 1. The van der Waals surface area contributed by atoms with Crippen molar-refractivity contribution in [2.75, 3.05) is 5.32 Å². The van der Waals surface area contributed by atoms with E-state index < -0.39 is 0 Å². The van der Waals surface area contributed by atoms with E-state index in [1.54, 1.807) is 13.0 Å². The minimum atomic E-state index is -0.354. The van der Waals surface area contributed by atoms with Crippen LogP contribution < -0.4 is 5.32 Å². The van der Waals surface area contributed by atoms with Crippen molar-refractivity contribution in [1.29, 1.82) is 5.26 Å². The second-order valence-corrected chi connectivity index (χ2v) is 4.89. The number of nitriles is 1. The van der Waals surface area contributed by atoms with Crippen molar-refractivity contribution in [2.24, 2.45) is 0 Å². The van der Waals surface area contributed by atoms with Gasteiger partial charge in [0, 0.05) is 17.3 Å². The van der Waals surface area contributed by atoms with E-state index >= 15 is 0 Å². The zero-order valence-corrected chi connectivity index (χ0v) is 10.4. The highest BCUT2D eigenvalue weighted by atomic mass is 19.1. The Hall–Kier alpha value is -1.60. The van der Waals surface area contributed by atoms with Crippen molar-refractivity contribution in [3.8, 4) is 6.07 Å². The summed E-state index contributed by atoms with van der Waals surface area (Å²) in [7, 11) is 0. The Morgan fingerprint density at radius 2 is 2.00 bits per heavy atom. The molecule has 1 aromatic rings. The second kappa shape index (κ2) is 5.36. The number of nitrogens with zero attached hydrogens (tertiary/aromatic N) is 1. The van der Waals surface area contributed by atoms with Gasteiger partial charge in [0.1, 0.15) is 5.82 Å². The lowest BCUT2D eigenvalue weighted by Gasteiger charge is -2.27. The molecule has 96 valence electrons. The van der Waals surface area contributed by atoms with Gasteiger partial charge in [-0.15, -0.1) is 0 Å². The quantitative estimate of drug-likeness (QED) is 0.846. The highest BCUT2D eigenvalue weighted by Crippen LogP contribution is 2.26. The van der Waals surface area contributed by atoms with Gasteiger partial charge < -0.3 is 10.4 Å². The molecule has 1 aromatic carbocycles. The SMILES string of the molecule is Cc1c(F)cc(C#N)cc1NC1CCC(O)CC1. The largest absolute Gasteiger partial charge is 0.393 e. The number of halogens is 1. The molecule has 3 nitrogen and oxygen atoms in total. The summed E-state index contributed by atoms with van der Waals surface area (Å²) in [5, 5.41) is 21.6. The molecule has 0 saturated heterocycles. The lowest BCUT2D eigenvalue weighted by molar-refractivity contribution is 0.126. The number of nitrogens with one attached hydrogen (secondary N) is 1. The topological polar surface area (TPSA) is 56.0 Å². The molecule has 4 heteroatoms. The van der Waals surface area contributed by atoms with E-state index in [2.05, 4.69) is 5.32 Å². The van der Waals surface area contributed by atoms with Crippen LogP contribution in [0.4, 0.5) is 10.1 Å². The lowest BCUT2D eigenvalue weighted by atomic mass is 9.92. The summed E-state index contributed by atoms with van der Waals surface area (Å²) in [5.41, 5.74) is 1.56. The number of hydrogen-bond acceptors (Lipinski definition) is 3. The van der Waals surface area contributed by atoms with Gasteiger partial charge in [-0.1, -0.05) is 0 Å². The van der Waals surface area contributed by atoms with Crippen LogP contribution in [0.25, 0.3) is 0 Å². The third-order valence-electron chi connectivity index (χ3n) is 3.53. The van der Waals surface area contributed by atoms with Gasteiger partial charge in [0.2, 0.25) is 0 Å². The predicted molar refractivity (Wildman–Crippen MR) is 67.7 cm³/mol. The van der Waals surface area contributed by atoms with Gasteiger partial charge in [-0.25, -0.2) is 4.39 Å². The third kappa shape index (κ3) is 2.80. The van der Waals surface area contributed by atoms with Crippen molar-refractivity contribution in [3.63, 3.8) is 0 Å². The Morgan fingerprint density at radius 3 is 2.61 bits per heavy atom. The fraction of sp³-hybridized carbons (Fsp3) is 0.500. The first-order valence-electron chi connectivity index (χ1n) is 6.25. The molecule has 1 saturated carbocycles. The number of aliphatic hydroxyl groups is 1. The van der Waals surface area contributed by atoms with Crippen LogP contribution in [-0.4, -0.2) is 17.3 Å². The van der Waals surface area contributed by atoms with E-state index in [4.69, 9.17) is 5.26 Å². The number of rotatable bonds is 2. The highest BCUT2D eigenvalue weighted by Gasteiger charge is 2.20. The normalized spacial score (nSPS) is 23.4. The van der Waals surface area contributed by atoms with Gasteiger partial charge in [-0.3, -0.25) is 0 Å².